The molecule has 1 aliphatic heterocycles. The number of ether oxygens (including phenoxy) is 1. The Balaban J connectivity index is 1.70. The summed E-state index contributed by atoms with van der Waals surface area (Å²) in [5.41, 5.74) is 2.76. The monoisotopic (exact) mass is 342 g/mol. The molecule has 4 rings (SSSR count). The van der Waals surface area contributed by atoms with Gasteiger partial charge in [-0.1, -0.05) is 30.3 Å². The molecule has 4 heteroatoms. The van der Waals surface area contributed by atoms with Gasteiger partial charge in [-0.15, -0.1) is 0 Å². The molecule has 0 radical (unpaired) electrons. The average molecular weight is 342 g/mol. The SMILES string of the molecule is [C-]#[N+]c1ccc(-c2ccc3c(c2)OC2(CCC2)C(CCC#N)C3=O)cc1. The minimum absolute atomic E-state index is 0.108. The van der Waals surface area contributed by atoms with E-state index in [2.05, 4.69) is 10.9 Å². The van der Waals surface area contributed by atoms with Crippen LogP contribution >= 0.6 is 0 Å². The third kappa shape index (κ3) is 2.55. The van der Waals surface area contributed by atoms with Gasteiger partial charge in [-0.25, -0.2) is 4.85 Å². The Morgan fingerprint density at radius 3 is 2.54 bits per heavy atom. The van der Waals surface area contributed by atoms with Crippen molar-refractivity contribution in [1.82, 2.24) is 0 Å². The molecule has 2 aliphatic rings. The second kappa shape index (κ2) is 6.32. The topological polar surface area (TPSA) is 54.4 Å². The first-order valence-corrected chi connectivity index (χ1v) is 8.89. The van der Waals surface area contributed by atoms with E-state index in [-0.39, 0.29) is 11.7 Å². The Hall–Kier alpha value is -3.11. The summed E-state index contributed by atoms with van der Waals surface area (Å²) in [6.07, 6.45) is 3.75. The summed E-state index contributed by atoms with van der Waals surface area (Å²) < 4.78 is 6.36. The number of carbonyl (C=O) groups excluding carboxylic acids is 1. The average Bonchev–Trinajstić information content (AvgIpc) is 2.65. The lowest BCUT2D eigenvalue weighted by molar-refractivity contribution is -0.0584. The van der Waals surface area contributed by atoms with Crippen molar-refractivity contribution in [2.45, 2.75) is 37.7 Å². The van der Waals surface area contributed by atoms with Crippen molar-refractivity contribution in [2.75, 3.05) is 0 Å². The number of nitrogens with zero attached hydrogens (tertiary/aromatic N) is 2. The Labute approximate surface area is 152 Å². The zero-order valence-corrected chi connectivity index (χ0v) is 14.4. The van der Waals surface area contributed by atoms with Crippen molar-refractivity contribution < 1.29 is 9.53 Å². The second-order valence-electron chi connectivity index (χ2n) is 7.00. The normalized spacial score (nSPS) is 19.6. The highest BCUT2D eigenvalue weighted by Crippen LogP contribution is 2.50. The first-order valence-electron chi connectivity index (χ1n) is 8.89. The molecule has 0 N–H and O–H groups in total. The summed E-state index contributed by atoms with van der Waals surface area (Å²) >= 11 is 0. The van der Waals surface area contributed by atoms with Gasteiger partial charge in [-0.3, -0.25) is 4.79 Å². The summed E-state index contributed by atoms with van der Waals surface area (Å²) in [7, 11) is 0. The predicted octanol–water partition coefficient (Wildman–Crippen LogP) is 5.32. The number of nitriles is 1. The van der Waals surface area contributed by atoms with Gasteiger partial charge in [-0.05, 0) is 48.9 Å². The van der Waals surface area contributed by atoms with Crippen molar-refractivity contribution >= 4 is 11.5 Å². The summed E-state index contributed by atoms with van der Waals surface area (Å²) in [5, 5.41) is 8.92. The largest absolute Gasteiger partial charge is 0.486 e. The summed E-state index contributed by atoms with van der Waals surface area (Å²) in [6.45, 7) is 7.05. The zero-order valence-electron chi connectivity index (χ0n) is 14.4. The molecule has 0 saturated heterocycles. The fraction of sp³-hybridized carbons (Fsp3) is 0.318. The van der Waals surface area contributed by atoms with E-state index >= 15 is 0 Å². The first-order chi connectivity index (χ1) is 12.7. The van der Waals surface area contributed by atoms with Crippen LogP contribution in [0.4, 0.5) is 5.69 Å². The molecule has 0 amide bonds. The van der Waals surface area contributed by atoms with Crippen molar-refractivity contribution in [3.8, 4) is 22.9 Å². The quantitative estimate of drug-likeness (QED) is 0.709. The molecule has 26 heavy (non-hydrogen) atoms. The predicted molar refractivity (Wildman–Crippen MR) is 98.0 cm³/mol. The van der Waals surface area contributed by atoms with Gasteiger partial charge in [0.1, 0.15) is 11.4 Å². The van der Waals surface area contributed by atoms with Crippen LogP contribution in [0.1, 0.15) is 42.5 Å². The van der Waals surface area contributed by atoms with E-state index in [4.69, 9.17) is 16.6 Å². The zero-order chi connectivity index (χ0) is 18.1. The van der Waals surface area contributed by atoms with Crippen LogP contribution in [0.5, 0.6) is 5.75 Å². The molecule has 1 aliphatic carbocycles. The minimum atomic E-state index is -0.423. The molecule has 2 aromatic rings. The molecule has 128 valence electrons. The van der Waals surface area contributed by atoms with Gasteiger partial charge in [0.05, 0.1) is 24.1 Å². The highest BCUT2D eigenvalue weighted by molar-refractivity contribution is 6.02. The van der Waals surface area contributed by atoms with Crippen LogP contribution < -0.4 is 4.74 Å². The van der Waals surface area contributed by atoms with Crippen LogP contribution in [0.25, 0.3) is 16.0 Å². The Bertz CT molecular complexity index is 944. The lowest BCUT2D eigenvalue weighted by Crippen LogP contribution is -2.55. The van der Waals surface area contributed by atoms with E-state index in [1.165, 1.54) is 0 Å². The maximum Gasteiger partial charge on any atom is 0.187 e. The third-order valence-corrected chi connectivity index (χ3v) is 5.59. The lowest BCUT2D eigenvalue weighted by Gasteiger charge is -2.49. The third-order valence-electron chi connectivity index (χ3n) is 5.59. The van der Waals surface area contributed by atoms with E-state index in [1.54, 1.807) is 12.1 Å². The molecular formula is C22H18N2O2. The smallest absolute Gasteiger partial charge is 0.187 e. The molecule has 0 bridgehead atoms. The number of hydrogen-bond acceptors (Lipinski definition) is 3. The van der Waals surface area contributed by atoms with Gasteiger partial charge in [0, 0.05) is 6.42 Å². The van der Waals surface area contributed by atoms with Crippen LogP contribution in [0.2, 0.25) is 0 Å². The molecule has 1 unspecified atom stereocenters. The molecule has 1 saturated carbocycles. The van der Waals surface area contributed by atoms with Crippen molar-refractivity contribution in [3.63, 3.8) is 0 Å². The van der Waals surface area contributed by atoms with E-state index in [9.17, 15) is 4.79 Å². The van der Waals surface area contributed by atoms with Crippen molar-refractivity contribution in [1.29, 1.82) is 5.26 Å². The number of carbonyl (C=O) groups is 1. The fourth-order valence-electron chi connectivity index (χ4n) is 4.01. The Morgan fingerprint density at radius 1 is 1.19 bits per heavy atom. The standard InChI is InChI=1S/C22H18N2O2/c1-24-17-8-5-15(6-9-17)16-7-10-18-20(14-16)26-22(11-3-12-22)19(21(18)25)4-2-13-23/h5-10,14,19H,2-4,11-12H2. The summed E-state index contributed by atoms with van der Waals surface area (Å²) in [5.74, 6) is 0.540. The van der Waals surface area contributed by atoms with E-state index < -0.39 is 5.60 Å². The second-order valence-corrected chi connectivity index (χ2v) is 7.00. The molecular weight excluding hydrogens is 324 g/mol. The van der Waals surface area contributed by atoms with Gasteiger partial charge >= 0.3 is 0 Å². The van der Waals surface area contributed by atoms with E-state index in [1.807, 2.05) is 30.3 Å². The summed E-state index contributed by atoms with van der Waals surface area (Å²) in [4.78, 5) is 16.5. The molecule has 4 nitrogen and oxygen atoms in total. The van der Waals surface area contributed by atoms with Crippen molar-refractivity contribution in [2.24, 2.45) is 5.92 Å². The first kappa shape index (κ1) is 16.4. The van der Waals surface area contributed by atoms with Crippen LogP contribution in [-0.4, -0.2) is 11.4 Å². The van der Waals surface area contributed by atoms with Gasteiger partial charge in [-0.2, -0.15) is 5.26 Å². The number of hydrogen-bond donors (Lipinski definition) is 0. The molecule has 1 spiro atoms. The molecule has 0 aromatic heterocycles. The maximum atomic E-state index is 13.0. The lowest BCUT2D eigenvalue weighted by atomic mass is 9.65. The van der Waals surface area contributed by atoms with E-state index in [0.717, 1.165) is 30.4 Å². The number of benzene rings is 2. The number of Topliss-reactive ketones (excluding diaryl/α,β-unsaturated/α-hetero) is 1. The van der Waals surface area contributed by atoms with Crippen molar-refractivity contribution in [3.05, 3.63) is 59.4 Å². The van der Waals surface area contributed by atoms with Crippen LogP contribution in [0.15, 0.2) is 42.5 Å². The van der Waals surface area contributed by atoms with Gasteiger partial charge in [0.25, 0.3) is 0 Å². The van der Waals surface area contributed by atoms with Crippen LogP contribution in [0.3, 0.4) is 0 Å². The highest BCUT2D eigenvalue weighted by Gasteiger charge is 2.52. The van der Waals surface area contributed by atoms with E-state index in [0.29, 0.717) is 29.8 Å². The fourth-order valence-corrected chi connectivity index (χ4v) is 4.01. The summed E-state index contributed by atoms with van der Waals surface area (Å²) in [6, 6.07) is 15.2. The van der Waals surface area contributed by atoms with Gasteiger partial charge in [0.15, 0.2) is 11.5 Å². The highest BCUT2D eigenvalue weighted by atomic mass is 16.5. The Kier molecular flexibility index (Phi) is 3.98. The molecule has 1 heterocycles. The van der Waals surface area contributed by atoms with Gasteiger partial charge < -0.3 is 4.74 Å². The molecule has 1 atom stereocenters. The number of rotatable bonds is 3. The number of fused-ring (bicyclic) bond motifs is 1. The van der Waals surface area contributed by atoms with Crippen LogP contribution in [-0.2, 0) is 0 Å². The molecule has 1 fully saturated rings. The van der Waals surface area contributed by atoms with Gasteiger partial charge in [0.2, 0.25) is 0 Å². The minimum Gasteiger partial charge on any atom is -0.486 e. The number of ketones is 1. The molecule has 2 aromatic carbocycles. The van der Waals surface area contributed by atoms with Crippen LogP contribution in [0, 0.1) is 23.8 Å². The maximum absolute atomic E-state index is 13.0. The Morgan fingerprint density at radius 2 is 1.92 bits per heavy atom.